The van der Waals surface area contributed by atoms with E-state index >= 15 is 0 Å². The standard InChI is InChI=1S/C21H41NO6/c1-11-21(10,25)13-15-26-20(8,9)12-14-22(16(23)27-18(2,3)4)17(24)28-19(5,6)7/h25H,11-15H2,1-10H3. The third kappa shape index (κ3) is 12.2. The van der Waals surface area contributed by atoms with Gasteiger partial charge in [0.25, 0.3) is 0 Å². The van der Waals surface area contributed by atoms with E-state index in [-0.39, 0.29) is 6.54 Å². The van der Waals surface area contributed by atoms with Crippen molar-refractivity contribution in [1.29, 1.82) is 0 Å². The topological polar surface area (TPSA) is 85.3 Å². The third-order valence-corrected chi connectivity index (χ3v) is 4.06. The van der Waals surface area contributed by atoms with Crippen LogP contribution in [0.4, 0.5) is 9.59 Å². The van der Waals surface area contributed by atoms with Gasteiger partial charge in [0.05, 0.1) is 17.8 Å². The second-order valence-corrected chi connectivity index (χ2v) is 10.1. The number of nitrogens with zero attached hydrogens (tertiary/aromatic N) is 1. The Hall–Kier alpha value is -1.34. The lowest BCUT2D eigenvalue weighted by atomic mass is 9.99. The molecule has 0 radical (unpaired) electrons. The molecule has 0 aliphatic rings. The van der Waals surface area contributed by atoms with Crippen LogP contribution in [0.25, 0.3) is 0 Å². The normalized spacial score (nSPS) is 15.0. The van der Waals surface area contributed by atoms with Gasteiger partial charge in [-0.05, 0) is 81.6 Å². The SMILES string of the molecule is CCC(C)(O)CCOC(C)(C)CCN(C(=O)OC(C)(C)C)C(=O)OC(C)(C)C. The minimum atomic E-state index is -0.769. The van der Waals surface area contributed by atoms with Gasteiger partial charge in [-0.3, -0.25) is 0 Å². The molecule has 0 bridgehead atoms. The van der Waals surface area contributed by atoms with Crippen LogP contribution < -0.4 is 0 Å². The molecule has 0 aromatic rings. The second-order valence-electron chi connectivity index (χ2n) is 10.1. The van der Waals surface area contributed by atoms with Crippen molar-refractivity contribution in [3.8, 4) is 0 Å². The first kappa shape index (κ1) is 26.7. The van der Waals surface area contributed by atoms with Gasteiger partial charge in [0.1, 0.15) is 11.2 Å². The Bertz CT molecular complexity index is 486. The summed E-state index contributed by atoms with van der Waals surface area (Å²) in [6.45, 7) is 18.4. The summed E-state index contributed by atoms with van der Waals surface area (Å²) >= 11 is 0. The van der Waals surface area contributed by atoms with Crippen LogP contribution in [0.1, 0.15) is 88.5 Å². The van der Waals surface area contributed by atoms with E-state index in [1.165, 1.54) is 0 Å². The Morgan fingerprint density at radius 2 is 1.25 bits per heavy atom. The zero-order chi connectivity index (χ0) is 22.4. The van der Waals surface area contributed by atoms with Crippen molar-refractivity contribution in [3.63, 3.8) is 0 Å². The summed E-state index contributed by atoms with van der Waals surface area (Å²) in [4.78, 5) is 26.0. The molecule has 2 amide bonds. The first-order chi connectivity index (χ1) is 12.4. The number of imide groups is 1. The molecule has 0 heterocycles. The van der Waals surface area contributed by atoms with E-state index in [0.29, 0.717) is 25.9 Å². The molecule has 7 heteroatoms. The Kier molecular flexibility index (Phi) is 9.45. The predicted octanol–water partition coefficient (Wildman–Crippen LogP) is 4.90. The average Bonchev–Trinajstić information content (AvgIpc) is 2.42. The molecule has 1 atom stereocenters. The molecule has 0 aromatic heterocycles. The van der Waals surface area contributed by atoms with Crippen molar-refractivity contribution in [1.82, 2.24) is 4.90 Å². The quantitative estimate of drug-likeness (QED) is 0.621. The van der Waals surface area contributed by atoms with E-state index in [9.17, 15) is 14.7 Å². The van der Waals surface area contributed by atoms with Crippen LogP contribution in [0.15, 0.2) is 0 Å². The highest BCUT2D eigenvalue weighted by atomic mass is 16.6. The van der Waals surface area contributed by atoms with Gasteiger partial charge in [0.2, 0.25) is 0 Å². The fraction of sp³-hybridized carbons (Fsp3) is 0.905. The number of carbonyl (C=O) groups is 2. The van der Waals surface area contributed by atoms with E-state index in [1.54, 1.807) is 48.5 Å². The molecule has 1 N–H and O–H groups in total. The average molecular weight is 404 g/mol. The van der Waals surface area contributed by atoms with Gasteiger partial charge in [-0.2, -0.15) is 0 Å². The molecule has 0 rings (SSSR count). The van der Waals surface area contributed by atoms with Crippen LogP contribution in [0.5, 0.6) is 0 Å². The van der Waals surface area contributed by atoms with E-state index in [2.05, 4.69) is 0 Å². The van der Waals surface area contributed by atoms with Crippen molar-refractivity contribution in [2.75, 3.05) is 13.2 Å². The number of rotatable bonds is 8. The van der Waals surface area contributed by atoms with E-state index < -0.39 is 34.6 Å². The molecule has 0 fully saturated rings. The second kappa shape index (κ2) is 9.92. The van der Waals surface area contributed by atoms with Crippen molar-refractivity contribution in [3.05, 3.63) is 0 Å². The smallest absolute Gasteiger partial charge is 0.419 e. The van der Waals surface area contributed by atoms with Gasteiger partial charge in [-0.15, -0.1) is 0 Å². The number of hydrogen-bond donors (Lipinski definition) is 1. The highest BCUT2D eigenvalue weighted by Crippen LogP contribution is 2.21. The van der Waals surface area contributed by atoms with Gasteiger partial charge >= 0.3 is 12.2 Å². The van der Waals surface area contributed by atoms with Crippen LogP contribution >= 0.6 is 0 Å². The molecule has 0 saturated carbocycles. The summed E-state index contributed by atoms with van der Waals surface area (Å²) in [7, 11) is 0. The summed E-state index contributed by atoms with van der Waals surface area (Å²) < 4.78 is 16.6. The number of hydrogen-bond acceptors (Lipinski definition) is 6. The number of amides is 2. The molecule has 0 saturated heterocycles. The Morgan fingerprint density at radius 3 is 1.61 bits per heavy atom. The van der Waals surface area contributed by atoms with E-state index in [0.717, 1.165) is 4.90 Å². The zero-order valence-electron chi connectivity index (χ0n) is 19.5. The largest absolute Gasteiger partial charge is 0.443 e. The molecule has 7 nitrogen and oxygen atoms in total. The van der Waals surface area contributed by atoms with Crippen molar-refractivity contribution < 1.29 is 28.9 Å². The monoisotopic (exact) mass is 403 g/mol. The molecule has 0 aliphatic heterocycles. The molecule has 0 spiro atoms. The lowest BCUT2D eigenvalue weighted by Crippen LogP contribution is -2.45. The fourth-order valence-corrected chi connectivity index (χ4v) is 2.07. The highest BCUT2D eigenvalue weighted by molar-refractivity contribution is 5.88. The third-order valence-electron chi connectivity index (χ3n) is 4.06. The van der Waals surface area contributed by atoms with E-state index in [1.807, 2.05) is 20.8 Å². The number of ether oxygens (including phenoxy) is 3. The van der Waals surface area contributed by atoms with Gasteiger partial charge in [-0.1, -0.05) is 6.92 Å². The summed E-state index contributed by atoms with van der Waals surface area (Å²) in [6.07, 6.45) is 0.0639. The van der Waals surface area contributed by atoms with Gasteiger partial charge in [0, 0.05) is 6.54 Å². The van der Waals surface area contributed by atoms with Crippen LogP contribution in [-0.2, 0) is 14.2 Å². The maximum atomic E-state index is 12.5. The molecular formula is C21H41NO6. The summed E-state index contributed by atoms with van der Waals surface area (Å²) in [5.41, 5.74) is -2.81. The van der Waals surface area contributed by atoms with Crippen molar-refractivity contribution >= 4 is 12.2 Å². The summed E-state index contributed by atoms with van der Waals surface area (Å²) in [6, 6.07) is 0. The van der Waals surface area contributed by atoms with Crippen molar-refractivity contribution in [2.24, 2.45) is 0 Å². The van der Waals surface area contributed by atoms with E-state index in [4.69, 9.17) is 14.2 Å². The number of aliphatic hydroxyl groups is 1. The minimum absolute atomic E-state index is 0.0982. The molecular weight excluding hydrogens is 362 g/mol. The Balaban J connectivity index is 5.02. The molecule has 0 aliphatic carbocycles. The fourth-order valence-electron chi connectivity index (χ4n) is 2.07. The Labute approximate surface area is 170 Å². The van der Waals surface area contributed by atoms with Gasteiger partial charge in [-0.25, -0.2) is 14.5 Å². The highest BCUT2D eigenvalue weighted by Gasteiger charge is 2.33. The van der Waals surface area contributed by atoms with Gasteiger partial charge in [0.15, 0.2) is 0 Å². The molecule has 1 unspecified atom stereocenters. The van der Waals surface area contributed by atoms with Crippen LogP contribution in [-0.4, -0.2) is 57.7 Å². The van der Waals surface area contributed by atoms with Crippen LogP contribution in [0, 0.1) is 0 Å². The summed E-state index contributed by atoms with van der Waals surface area (Å²) in [5.74, 6) is 0. The lowest BCUT2D eigenvalue weighted by molar-refractivity contribution is -0.0592. The summed E-state index contributed by atoms with van der Waals surface area (Å²) in [5, 5.41) is 10.1. The van der Waals surface area contributed by atoms with Gasteiger partial charge < -0.3 is 19.3 Å². The zero-order valence-corrected chi connectivity index (χ0v) is 19.5. The van der Waals surface area contributed by atoms with Crippen LogP contribution in [0.2, 0.25) is 0 Å². The molecule has 0 aromatic carbocycles. The number of carbonyl (C=O) groups excluding carboxylic acids is 2. The first-order valence-corrected chi connectivity index (χ1v) is 9.97. The van der Waals surface area contributed by atoms with Crippen LogP contribution in [0.3, 0.4) is 0 Å². The van der Waals surface area contributed by atoms with Crippen molar-refractivity contribution in [2.45, 2.75) is 111 Å². The molecule has 166 valence electrons. The predicted molar refractivity (Wildman–Crippen MR) is 109 cm³/mol. The molecule has 28 heavy (non-hydrogen) atoms. The maximum absolute atomic E-state index is 12.5. The maximum Gasteiger partial charge on any atom is 0.419 e. The Morgan fingerprint density at radius 1 is 0.821 bits per heavy atom. The lowest BCUT2D eigenvalue weighted by Gasteiger charge is -2.32. The minimum Gasteiger partial charge on any atom is -0.443 e. The first-order valence-electron chi connectivity index (χ1n) is 9.97.